The Labute approximate surface area is 53.5 Å². The Morgan fingerprint density at radius 1 is 1.88 bits per heavy atom. The monoisotopic (exact) mass is 152 g/mol. The predicted octanol–water partition coefficient (Wildman–Crippen LogP) is 1.96. The second-order valence-electron chi connectivity index (χ2n) is 1.67. The maximum absolute atomic E-state index is 10.6. The van der Waals surface area contributed by atoms with Gasteiger partial charge in [-0.25, -0.2) is 4.08 Å². The lowest BCUT2D eigenvalue weighted by Gasteiger charge is -2.13. The number of halogens is 1. The van der Waals surface area contributed by atoms with Gasteiger partial charge in [0, 0.05) is 0 Å². The van der Waals surface area contributed by atoms with E-state index in [1.54, 1.807) is 0 Å². The third-order valence-electron chi connectivity index (χ3n) is 1.14. The Hall–Kier alpha value is 0.220. The van der Waals surface area contributed by atoms with Crippen molar-refractivity contribution in [1.82, 2.24) is 0 Å². The fourth-order valence-electron chi connectivity index (χ4n) is 0.504. The molecule has 4 heteroatoms. The van der Waals surface area contributed by atoms with E-state index in [0.29, 0.717) is 0 Å². The maximum atomic E-state index is 10.6. The van der Waals surface area contributed by atoms with Gasteiger partial charge in [0.05, 0.1) is 17.5 Å². The van der Waals surface area contributed by atoms with Gasteiger partial charge in [-0.1, -0.05) is 12.2 Å². The van der Waals surface area contributed by atoms with Crippen LogP contribution in [-0.2, 0) is 8.64 Å². The molecule has 0 aromatic carbocycles. The minimum absolute atomic E-state index is 0.109. The van der Waals surface area contributed by atoms with Crippen molar-refractivity contribution in [3.63, 3.8) is 0 Å². The standard InChI is InChI=1S/C4H6ClO2P/c5-7-8(6)4-2-1-3-4/h1-2,4,8H,3H2. The van der Waals surface area contributed by atoms with Crippen LogP contribution in [0.4, 0.5) is 0 Å². The summed E-state index contributed by atoms with van der Waals surface area (Å²) in [4.78, 5) is 0. The lowest BCUT2D eigenvalue weighted by atomic mass is 10.1. The lowest BCUT2D eigenvalue weighted by Crippen LogP contribution is -2.03. The molecule has 0 amide bonds. The van der Waals surface area contributed by atoms with Crippen molar-refractivity contribution in [3.05, 3.63) is 12.2 Å². The van der Waals surface area contributed by atoms with Gasteiger partial charge in [0.1, 0.15) is 0 Å². The Morgan fingerprint density at radius 2 is 2.50 bits per heavy atom. The van der Waals surface area contributed by atoms with Crippen molar-refractivity contribution in [3.8, 4) is 0 Å². The molecule has 0 bridgehead atoms. The molecule has 0 saturated carbocycles. The quantitative estimate of drug-likeness (QED) is 0.447. The van der Waals surface area contributed by atoms with E-state index in [1.165, 1.54) is 0 Å². The molecule has 46 valence electrons. The second-order valence-corrected chi connectivity index (χ2v) is 3.66. The van der Waals surface area contributed by atoms with E-state index in [-0.39, 0.29) is 5.66 Å². The van der Waals surface area contributed by atoms with Crippen molar-refractivity contribution in [2.45, 2.75) is 12.1 Å². The molecule has 0 heterocycles. The molecule has 0 spiro atoms. The Morgan fingerprint density at radius 3 is 2.62 bits per heavy atom. The highest BCUT2D eigenvalue weighted by atomic mass is 35.5. The van der Waals surface area contributed by atoms with Crippen LogP contribution in [0.1, 0.15) is 6.42 Å². The minimum atomic E-state index is -1.94. The summed E-state index contributed by atoms with van der Waals surface area (Å²) in [6.45, 7) is 0. The normalized spacial score (nSPS) is 29.4. The van der Waals surface area contributed by atoms with Crippen LogP contribution in [0.2, 0.25) is 0 Å². The SMILES string of the molecule is O=[PH](OCl)C1C=CC1. The summed E-state index contributed by atoms with van der Waals surface area (Å²) in [6, 6.07) is 0. The van der Waals surface area contributed by atoms with Crippen LogP contribution in [0.15, 0.2) is 12.2 Å². The summed E-state index contributed by atoms with van der Waals surface area (Å²) in [7, 11) is -1.94. The van der Waals surface area contributed by atoms with E-state index in [0.717, 1.165) is 6.42 Å². The number of hydrogen-bond donors (Lipinski definition) is 0. The molecule has 0 saturated heterocycles. The first-order valence-electron chi connectivity index (χ1n) is 2.33. The second kappa shape index (κ2) is 2.67. The Bertz CT molecular complexity index is 134. The summed E-state index contributed by atoms with van der Waals surface area (Å²) in [5, 5.41) is 0. The summed E-state index contributed by atoms with van der Waals surface area (Å²) in [5.41, 5.74) is 0.109. The first kappa shape index (κ1) is 6.34. The molecular formula is C4H6ClO2P. The van der Waals surface area contributed by atoms with Crippen molar-refractivity contribution in [2.75, 3.05) is 0 Å². The third kappa shape index (κ3) is 1.13. The van der Waals surface area contributed by atoms with Crippen LogP contribution in [0.5, 0.6) is 0 Å². The van der Waals surface area contributed by atoms with Crippen LogP contribution >= 0.6 is 19.9 Å². The Balaban J connectivity index is 2.36. The fourth-order valence-corrected chi connectivity index (χ4v) is 1.58. The molecule has 0 N–H and O–H groups in total. The molecule has 0 radical (unpaired) electrons. The van der Waals surface area contributed by atoms with Gasteiger partial charge < -0.3 is 0 Å². The van der Waals surface area contributed by atoms with Crippen LogP contribution < -0.4 is 0 Å². The van der Waals surface area contributed by atoms with Gasteiger partial charge in [-0.2, -0.15) is 0 Å². The molecule has 2 unspecified atom stereocenters. The van der Waals surface area contributed by atoms with Crippen LogP contribution in [0.3, 0.4) is 0 Å². The highest BCUT2D eigenvalue weighted by Gasteiger charge is 2.17. The average Bonchev–Trinajstić information content (AvgIpc) is 1.62. The third-order valence-corrected chi connectivity index (χ3v) is 2.78. The van der Waals surface area contributed by atoms with E-state index in [1.807, 2.05) is 12.2 Å². The van der Waals surface area contributed by atoms with E-state index in [9.17, 15) is 4.57 Å². The molecule has 1 aliphatic carbocycles. The molecule has 1 rings (SSSR count). The van der Waals surface area contributed by atoms with Gasteiger partial charge in [-0.15, -0.1) is 0 Å². The highest BCUT2D eigenvalue weighted by molar-refractivity contribution is 7.41. The van der Waals surface area contributed by atoms with Gasteiger partial charge in [0.25, 0.3) is 0 Å². The first-order valence-corrected chi connectivity index (χ1v) is 4.04. The van der Waals surface area contributed by atoms with Crippen molar-refractivity contribution in [1.29, 1.82) is 0 Å². The molecular weight excluding hydrogens is 146 g/mol. The zero-order valence-electron chi connectivity index (χ0n) is 4.13. The fraction of sp³-hybridized carbons (Fsp3) is 0.500. The van der Waals surface area contributed by atoms with Crippen molar-refractivity contribution < 1.29 is 8.64 Å². The van der Waals surface area contributed by atoms with Gasteiger partial charge in [-0.3, -0.25) is 4.57 Å². The summed E-state index contributed by atoms with van der Waals surface area (Å²) in [6.07, 6.45) is 4.65. The van der Waals surface area contributed by atoms with Gasteiger partial charge in [-0.05, 0) is 6.42 Å². The van der Waals surface area contributed by atoms with Crippen LogP contribution in [0.25, 0.3) is 0 Å². The van der Waals surface area contributed by atoms with Crippen molar-refractivity contribution >= 4 is 19.9 Å². The Kier molecular flexibility index (Phi) is 2.12. The molecule has 1 aliphatic rings. The number of allylic oxidation sites excluding steroid dienone is 2. The maximum Gasteiger partial charge on any atom is 0.216 e. The summed E-state index contributed by atoms with van der Waals surface area (Å²) >= 11 is 4.86. The van der Waals surface area contributed by atoms with E-state index >= 15 is 0 Å². The molecule has 2 atom stereocenters. The zero-order valence-corrected chi connectivity index (χ0v) is 5.89. The summed E-state index contributed by atoms with van der Waals surface area (Å²) < 4.78 is 14.7. The van der Waals surface area contributed by atoms with E-state index < -0.39 is 8.03 Å². The molecule has 0 fully saturated rings. The largest absolute Gasteiger partial charge is 0.294 e. The lowest BCUT2D eigenvalue weighted by molar-refractivity contribution is 0.516. The number of rotatable bonds is 2. The molecule has 2 nitrogen and oxygen atoms in total. The van der Waals surface area contributed by atoms with E-state index in [2.05, 4.69) is 4.08 Å². The molecule has 0 aliphatic heterocycles. The van der Waals surface area contributed by atoms with Gasteiger partial charge in [0.2, 0.25) is 8.03 Å². The van der Waals surface area contributed by atoms with Crippen molar-refractivity contribution in [2.24, 2.45) is 0 Å². The zero-order chi connectivity index (χ0) is 5.98. The number of hydrogen-bond acceptors (Lipinski definition) is 2. The van der Waals surface area contributed by atoms with Crippen LogP contribution in [-0.4, -0.2) is 5.66 Å². The molecule has 8 heavy (non-hydrogen) atoms. The predicted molar refractivity (Wildman–Crippen MR) is 33.5 cm³/mol. The smallest absolute Gasteiger partial charge is 0.216 e. The topological polar surface area (TPSA) is 26.3 Å². The highest BCUT2D eigenvalue weighted by Crippen LogP contribution is 2.38. The van der Waals surface area contributed by atoms with E-state index in [4.69, 9.17) is 11.9 Å². The average molecular weight is 153 g/mol. The molecule has 0 aromatic heterocycles. The van der Waals surface area contributed by atoms with Gasteiger partial charge in [0.15, 0.2) is 0 Å². The first-order chi connectivity index (χ1) is 3.84. The molecule has 0 aromatic rings. The van der Waals surface area contributed by atoms with Crippen LogP contribution in [0, 0.1) is 0 Å². The summed E-state index contributed by atoms with van der Waals surface area (Å²) in [5.74, 6) is 0. The van der Waals surface area contributed by atoms with Gasteiger partial charge >= 0.3 is 0 Å². The minimum Gasteiger partial charge on any atom is -0.294 e.